The smallest absolute Gasteiger partial charge is 0.271 e. The SMILES string of the molecule is Cc1ccc(-n2nc(N3CCCN(C(=O)c4ccc(C(C)(C)C)cc4)CC3)ccc2=O)cc1C. The number of rotatable bonds is 3. The lowest BCUT2D eigenvalue weighted by atomic mass is 9.86. The molecule has 0 radical (unpaired) electrons. The lowest BCUT2D eigenvalue weighted by molar-refractivity contribution is 0.0767. The van der Waals surface area contributed by atoms with Gasteiger partial charge in [0.2, 0.25) is 0 Å². The van der Waals surface area contributed by atoms with E-state index in [2.05, 4.69) is 49.8 Å². The predicted octanol–water partition coefficient (Wildman–Crippen LogP) is 4.50. The lowest BCUT2D eigenvalue weighted by Crippen LogP contribution is -2.36. The van der Waals surface area contributed by atoms with Gasteiger partial charge in [0.25, 0.3) is 11.5 Å². The fraction of sp³-hybridized carbons (Fsp3) is 0.393. The van der Waals surface area contributed by atoms with Crippen LogP contribution in [0.15, 0.2) is 59.4 Å². The Labute approximate surface area is 201 Å². The highest BCUT2D eigenvalue weighted by Gasteiger charge is 2.22. The molecular weight excluding hydrogens is 424 g/mol. The topological polar surface area (TPSA) is 58.4 Å². The average molecular weight is 459 g/mol. The second kappa shape index (κ2) is 9.45. The first-order chi connectivity index (χ1) is 16.1. The van der Waals surface area contributed by atoms with Crippen LogP contribution in [0.1, 0.15) is 54.2 Å². The van der Waals surface area contributed by atoms with Crippen molar-refractivity contribution in [3.8, 4) is 5.69 Å². The molecule has 2 aromatic carbocycles. The number of hydrogen-bond acceptors (Lipinski definition) is 4. The molecule has 0 aliphatic carbocycles. The van der Waals surface area contributed by atoms with Crippen molar-refractivity contribution in [3.63, 3.8) is 0 Å². The zero-order valence-corrected chi connectivity index (χ0v) is 20.8. The molecule has 1 aliphatic heterocycles. The molecule has 1 aromatic heterocycles. The molecule has 3 aromatic rings. The van der Waals surface area contributed by atoms with Gasteiger partial charge in [-0.15, -0.1) is 5.10 Å². The van der Waals surface area contributed by atoms with E-state index in [1.165, 1.54) is 15.8 Å². The first kappa shape index (κ1) is 23.7. The van der Waals surface area contributed by atoms with Gasteiger partial charge in [0.1, 0.15) is 5.82 Å². The van der Waals surface area contributed by atoms with E-state index in [1.807, 2.05) is 42.2 Å². The third kappa shape index (κ3) is 5.06. The van der Waals surface area contributed by atoms with Gasteiger partial charge >= 0.3 is 0 Å². The van der Waals surface area contributed by atoms with Gasteiger partial charge in [-0.25, -0.2) is 0 Å². The summed E-state index contributed by atoms with van der Waals surface area (Å²) < 4.78 is 1.46. The van der Waals surface area contributed by atoms with E-state index in [0.717, 1.165) is 35.6 Å². The fourth-order valence-corrected chi connectivity index (χ4v) is 4.26. The fourth-order valence-electron chi connectivity index (χ4n) is 4.26. The first-order valence-electron chi connectivity index (χ1n) is 12.0. The highest BCUT2D eigenvalue weighted by atomic mass is 16.2. The van der Waals surface area contributed by atoms with Crippen LogP contribution in [0.25, 0.3) is 5.69 Å². The Morgan fingerprint density at radius 1 is 0.853 bits per heavy atom. The Morgan fingerprint density at radius 3 is 2.26 bits per heavy atom. The molecule has 0 saturated carbocycles. The van der Waals surface area contributed by atoms with Crippen molar-refractivity contribution in [1.29, 1.82) is 0 Å². The number of nitrogens with zero attached hydrogens (tertiary/aromatic N) is 4. The summed E-state index contributed by atoms with van der Waals surface area (Å²) in [5, 5.41) is 4.67. The van der Waals surface area contributed by atoms with Crippen molar-refractivity contribution < 1.29 is 4.79 Å². The van der Waals surface area contributed by atoms with Gasteiger partial charge in [-0.05, 0) is 72.7 Å². The molecule has 0 atom stereocenters. The van der Waals surface area contributed by atoms with Gasteiger partial charge < -0.3 is 9.80 Å². The maximum absolute atomic E-state index is 13.1. The Hall–Kier alpha value is -3.41. The highest BCUT2D eigenvalue weighted by molar-refractivity contribution is 5.94. The van der Waals surface area contributed by atoms with Crippen molar-refractivity contribution >= 4 is 11.7 Å². The van der Waals surface area contributed by atoms with Crippen molar-refractivity contribution in [2.24, 2.45) is 0 Å². The Balaban J connectivity index is 1.49. The van der Waals surface area contributed by atoms with E-state index >= 15 is 0 Å². The van der Waals surface area contributed by atoms with Crippen molar-refractivity contribution in [2.75, 3.05) is 31.1 Å². The summed E-state index contributed by atoms with van der Waals surface area (Å²) in [5.74, 6) is 0.817. The minimum Gasteiger partial charge on any atom is -0.353 e. The normalized spacial score (nSPS) is 14.7. The zero-order chi connectivity index (χ0) is 24.5. The number of amides is 1. The minimum atomic E-state index is -0.155. The summed E-state index contributed by atoms with van der Waals surface area (Å²) in [4.78, 5) is 29.8. The number of carbonyl (C=O) groups is 1. The van der Waals surface area contributed by atoms with E-state index < -0.39 is 0 Å². The molecule has 6 nitrogen and oxygen atoms in total. The van der Waals surface area contributed by atoms with Crippen LogP contribution in [-0.2, 0) is 5.41 Å². The molecule has 0 bridgehead atoms. The Bertz CT molecular complexity index is 1240. The Kier molecular flexibility index (Phi) is 6.60. The van der Waals surface area contributed by atoms with Gasteiger partial charge in [0.05, 0.1) is 5.69 Å². The van der Waals surface area contributed by atoms with Crippen LogP contribution < -0.4 is 10.5 Å². The number of hydrogen-bond donors (Lipinski definition) is 0. The summed E-state index contributed by atoms with van der Waals surface area (Å²) in [5.41, 5.74) is 4.91. The van der Waals surface area contributed by atoms with E-state index in [1.54, 1.807) is 12.1 Å². The largest absolute Gasteiger partial charge is 0.353 e. The van der Waals surface area contributed by atoms with Crippen molar-refractivity contribution in [3.05, 3.63) is 87.2 Å². The summed E-state index contributed by atoms with van der Waals surface area (Å²) in [6.07, 6.45) is 0.844. The molecule has 1 saturated heterocycles. The van der Waals surface area contributed by atoms with E-state index in [4.69, 9.17) is 0 Å². The minimum absolute atomic E-state index is 0.0610. The molecule has 1 fully saturated rings. The maximum Gasteiger partial charge on any atom is 0.271 e. The molecular formula is C28H34N4O2. The molecule has 0 N–H and O–H groups in total. The molecule has 0 unspecified atom stereocenters. The van der Waals surface area contributed by atoms with Crippen LogP contribution in [0.4, 0.5) is 5.82 Å². The van der Waals surface area contributed by atoms with Crippen LogP contribution in [0.5, 0.6) is 0 Å². The maximum atomic E-state index is 13.1. The van der Waals surface area contributed by atoms with Crippen LogP contribution in [-0.4, -0.2) is 46.8 Å². The molecule has 1 amide bonds. The van der Waals surface area contributed by atoms with Crippen LogP contribution in [0.2, 0.25) is 0 Å². The molecule has 34 heavy (non-hydrogen) atoms. The molecule has 178 valence electrons. The van der Waals surface area contributed by atoms with E-state index in [9.17, 15) is 9.59 Å². The predicted molar refractivity (Wildman–Crippen MR) is 137 cm³/mol. The first-order valence-corrected chi connectivity index (χ1v) is 12.0. The van der Waals surface area contributed by atoms with E-state index in [0.29, 0.717) is 19.6 Å². The van der Waals surface area contributed by atoms with Crippen LogP contribution in [0, 0.1) is 13.8 Å². The van der Waals surface area contributed by atoms with E-state index in [-0.39, 0.29) is 16.9 Å². The number of benzene rings is 2. The molecule has 1 aliphatic rings. The summed E-state index contributed by atoms with van der Waals surface area (Å²) in [7, 11) is 0. The van der Waals surface area contributed by atoms with Crippen molar-refractivity contribution in [2.45, 2.75) is 46.5 Å². The van der Waals surface area contributed by atoms with Gasteiger partial charge in [-0.1, -0.05) is 39.0 Å². The average Bonchev–Trinajstić information content (AvgIpc) is 3.07. The second-order valence-electron chi connectivity index (χ2n) is 10.2. The second-order valence-corrected chi connectivity index (χ2v) is 10.2. The molecule has 0 spiro atoms. The summed E-state index contributed by atoms with van der Waals surface area (Å²) in [6, 6.07) is 17.3. The van der Waals surface area contributed by atoms with Gasteiger partial charge in [-0.3, -0.25) is 9.59 Å². The number of aryl methyl sites for hydroxylation is 2. The van der Waals surface area contributed by atoms with Crippen molar-refractivity contribution in [1.82, 2.24) is 14.7 Å². The standard InChI is InChI=1S/C28H34N4O2/c1-20-7-12-24(19-21(20)2)32-26(33)14-13-25(29-32)30-15-6-16-31(18-17-30)27(34)22-8-10-23(11-9-22)28(3,4)5/h7-14,19H,6,15-18H2,1-5H3. The van der Waals surface area contributed by atoms with Gasteiger partial charge in [0.15, 0.2) is 0 Å². The third-order valence-corrected chi connectivity index (χ3v) is 6.63. The summed E-state index contributed by atoms with van der Waals surface area (Å²) in [6.45, 7) is 13.4. The number of aromatic nitrogens is 2. The number of anilines is 1. The molecule has 6 heteroatoms. The van der Waals surface area contributed by atoms with Crippen LogP contribution >= 0.6 is 0 Å². The van der Waals surface area contributed by atoms with Crippen LogP contribution in [0.3, 0.4) is 0 Å². The Morgan fingerprint density at radius 2 is 1.59 bits per heavy atom. The number of carbonyl (C=O) groups excluding carboxylic acids is 1. The molecule has 2 heterocycles. The summed E-state index contributed by atoms with van der Waals surface area (Å²) >= 11 is 0. The van der Waals surface area contributed by atoms with Gasteiger partial charge in [-0.2, -0.15) is 4.68 Å². The molecule has 4 rings (SSSR count). The zero-order valence-electron chi connectivity index (χ0n) is 20.8. The highest BCUT2D eigenvalue weighted by Crippen LogP contribution is 2.23. The lowest BCUT2D eigenvalue weighted by Gasteiger charge is -2.24. The monoisotopic (exact) mass is 458 g/mol. The third-order valence-electron chi connectivity index (χ3n) is 6.63. The quantitative estimate of drug-likeness (QED) is 0.580. The van der Waals surface area contributed by atoms with Gasteiger partial charge in [0, 0.05) is 37.8 Å².